The third kappa shape index (κ3) is 4.18. The molecule has 0 atom stereocenters. The van der Waals surface area contributed by atoms with Gasteiger partial charge in [-0.2, -0.15) is 13.2 Å². The molecule has 0 aliphatic rings. The Morgan fingerprint density at radius 1 is 1.47 bits per heavy atom. The molecular formula is C9H10F3NO4S2. The summed E-state index contributed by atoms with van der Waals surface area (Å²) in [5.74, 6) is -1.29. The van der Waals surface area contributed by atoms with Crippen molar-refractivity contribution < 1.29 is 31.5 Å². The van der Waals surface area contributed by atoms with Gasteiger partial charge >= 0.3 is 12.1 Å². The standard InChI is InChI=1S/C9H10F3NO4S2/c1-13(3-2-9(10,11)12)19(16,17)6-4-7(8(14)15)18-5-6/h4-5H,2-3H2,1H3,(H,14,15). The number of rotatable bonds is 5. The third-order valence-electron chi connectivity index (χ3n) is 2.20. The summed E-state index contributed by atoms with van der Waals surface area (Å²) >= 11 is 0.698. The first-order valence-electron chi connectivity index (χ1n) is 4.89. The maximum absolute atomic E-state index is 12.0. The van der Waals surface area contributed by atoms with Gasteiger partial charge in [0.2, 0.25) is 10.0 Å². The number of alkyl halides is 3. The molecule has 10 heteroatoms. The highest BCUT2D eigenvalue weighted by atomic mass is 32.2. The lowest BCUT2D eigenvalue weighted by molar-refractivity contribution is -0.135. The van der Waals surface area contributed by atoms with Crippen LogP contribution in [0.1, 0.15) is 16.1 Å². The second kappa shape index (κ2) is 5.47. The van der Waals surface area contributed by atoms with Crippen LogP contribution in [-0.4, -0.2) is 43.6 Å². The van der Waals surface area contributed by atoms with Crippen LogP contribution in [0.15, 0.2) is 16.3 Å². The van der Waals surface area contributed by atoms with Gasteiger partial charge in [-0.3, -0.25) is 0 Å². The zero-order chi connectivity index (χ0) is 14.8. The van der Waals surface area contributed by atoms with Gasteiger partial charge in [0.1, 0.15) is 4.88 Å². The number of nitrogens with zero attached hydrogens (tertiary/aromatic N) is 1. The fourth-order valence-corrected chi connectivity index (χ4v) is 3.42. The topological polar surface area (TPSA) is 74.7 Å². The predicted octanol–water partition coefficient (Wildman–Crippen LogP) is 2.02. The molecule has 5 nitrogen and oxygen atoms in total. The summed E-state index contributed by atoms with van der Waals surface area (Å²) in [5, 5.41) is 9.75. The van der Waals surface area contributed by atoms with Crippen molar-refractivity contribution in [3.05, 3.63) is 16.3 Å². The van der Waals surface area contributed by atoms with Gasteiger partial charge in [-0.05, 0) is 6.07 Å². The number of thiophene rings is 1. The molecule has 1 aromatic heterocycles. The van der Waals surface area contributed by atoms with Gasteiger partial charge in [-0.1, -0.05) is 0 Å². The summed E-state index contributed by atoms with van der Waals surface area (Å²) in [6, 6.07) is 0.923. The van der Waals surface area contributed by atoms with E-state index in [-0.39, 0.29) is 9.77 Å². The lowest BCUT2D eigenvalue weighted by Crippen LogP contribution is -2.30. The Labute approximate surface area is 111 Å². The van der Waals surface area contributed by atoms with E-state index in [2.05, 4.69) is 0 Å². The van der Waals surface area contributed by atoms with Crippen LogP contribution in [0.3, 0.4) is 0 Å². The van der Waals surface area contributed by atoms with Crippen molar-refractivity contribution in [2.24, 2.45) is 0 Å². The smallest absolute Gasteiger partial charge is 0.390 e. The van der Waals surface area contributed by atoms with Gasteiger partial charge in [-0.25, -0.2) is 17.5 Å². The largest absolute Gasteiger partial charge is 0.477 e. The summed E-state index contributed by atoms with van der Waals surface area (Å²) in [6.45, 7) is -0.718. The molecule has 0 radical (unpaired) electrons. The van der Waals surface area contributed by atoms with Gasteiger partial charge in [0.15, 0.2) is 0 Å². The quantitative estimate of drug-likeness (QED) is 0.901. The molecule has 0 saturated carbocycles. The number of carbonyl (C=O) groups is 1. The summed E-state index contributed by atoms with van der Waals surface area (Å²) in [7, 11) is -3.08. The Morgan fingerprint density at radius 2 is 2.05 bits per heavy atom. The van der Waals surface area contributed by atoms with Gasteiger partial charge in [0.05, 0.1) is 11.3 Å². The SMILES string of the molecule is CN(CCC(F)(F)F)S(=O)(=O)c1csc(C(=O)O)c1. The maximum Gasteiger partial charge on any atom is 0.390 e. The summed E-state index contributed by atoms with van der Waals surface area (Å²) in [4.78, 5) is 10.1. The molecular weight excluding hydrogens is 307 g/mol. The Bertz CT molecular complexity index is 564. The molecule has 0 spiro atoms. The first kappa shape index (κ1) is 15.9. The molecule has 0 aliphatic heterocycles. The van der Waals surface area contributed by atoms with Crippen molar-refractivity contribution in [1.29, 1.82) is 0 Å². The second-order valence-corrected chi connectivity index (χ2v) is 6.60. The van der Waals surface area contributed by atoms with Gasteiger partial charge < -0.3 is 5.11 Å². The van der Waals surface area contributed by atoms with Crippen molar-refractivity contribution in [2.45, 2.75) is 17.5 Å². The van der Waals surface area contributed by atoms with Crippen molar-refractivity contribution >= 4 is 27.3 Å². The Morgan fingerprint density at radius 3 is 2.47 bits per heavy atom. The molecule has 1 N–H and O–H groups in total. The van der Waals surface area contributed by atoms with Crippen molar-refractivity contribution in [3.63, 3.8) is 0 Å². The van der Waals surface area contributed by atoms with Crippen LogP contribution in [0.4, 0.5) is 13.2 Å². The normalized spacial score (nSPS) is 12.9. The van der Waals surface area contributed by atoms with E-state index in [0.717, 1.165) is 18.5 Å². The number of sulfonamides is 1. The molecule has 1 rings (SSSR count). The second-order valence-electron chi connectivity index (χ2n) is 3.64. The monoisotopic (exact) mass is 317 g/mol. The van der Waals surface area contributed by atoms with Crippen LogP contribution in [0, 0.1) is 0 Å². The van der Waals surface area contributed by atoms with Crippen molar-refractivity contribution in [3.8, 4) is 0 Å². The van der Waals surface area contributed by atoms with E-state index in [4.69, 9.17) is 5.11 Å². The molecule has 0 amide bonds. The van der Waals surface area contributed by atoms with E-state index in [1.54, 1.807) is 0 Å². The van der Waals surface area contributed by atoms with Crippen LogP contribution in [0.5, 0.6) is 0 Å². The van der Waals surface area contributed by atoms with E-state index in [9.17, 15) is 26.4 Å². The number of hydrogen-bond acceptors (Lipinski definition) is 4. The Kier molecular flexibility index (Phi) is 4.59. The molecule has 1 heterocycles. The van der Waals surface area contributed by atoms with Crippen LogP contribution < -0.4 is 0 Å². The summed E-state index contributed by atoms with van der Waals surface area (Å²) in [5.41, 5.74) is 0. The lowest BCUT2D eigenvalue weighted by Gasteiger charge is -2.17. The number of halogens is 3. The molecule has 0 aliphatic carbocycles. The summed E-state index contributed by atoms with van der Waals surface area (Å²) in [6.07, 6.45) is -5.72. The minimum atomic E-state index is -4.45. The van der Waals surface area contributed by atoms with Crippen LogP contribution >= 0.6 is 11.3 Å². The molecule has 1 aromatic rings. The van der Waals surface area contributed by atoms with Gasteiger partial charge in [0, 0.05) is 19.0 Å². The molecule has 0 fully saturated rings. The average Bonchev–Trinajstić information content (AvgIpc) is 2.74. The van der Waals surface area contributed by atoms with E-state index in [0.29, 0.717) is 15.6 Å². The molecule has 0 saturated heterocycles. The number of carboxylic acid groups (broad SMARTS) is 1. The Hall–Kier alpha value is -1.13. The Balaban J connectivity index is 2.87. The predicted molar refractivity (Wildman–Crippen MR) is 61.8 cm³/mol. The zero-order valence-electron chi connectivity index (χ0n) is 9.64. The van der Waals surface area contributed by atoms with E-state index in [1.807, 2.05) is 0 Å². The minimum Gasteiger partial charge on any atom is -0.477 e. The van der Waals surface area contributed by atoms with Crippen molar-refractivity contribution in [2.75, 3.05) is 13.6 Å². The molecule has 0 unspecified atom stereocenters. The fourth-order valence-electron chi connectivity index (χ4n) is 1.15. The first-order valence-corrected chi connectivity index (χ1v) is 7.21. The minimum absolute atomic E-state index is 0.192. The van der Waals surface area contributed by atoms with E-state index in [1.165, 1.54) is 0 Å². The van der Waals surface area contributed by atoms with Crippen molar-refractivity contribution in [1.82, 2.24) is 4.31 Å². The van der Waals surface area contributed by atoms with E-state index < -0.39 is 35.1 Å². The fraction of sp³-hybridized carbons (Fsp3) is 0.444. The van der Waals surface area contributed by atoms with Crippen LogP contribution in [0.2, 0.25) is 0 Å². The van der Waals surface area contributed by atoms with Gasteiger partial charge in [0.25, 0.3) is 0 Å². The molecule has 108 valence electrons. The number of carboxylic acids is 1. The number of aromatic carboxylic acids is 1. The highest BCUT2D eigenvalue weighted by Gasteiger charge is 2.31. The molecule has 0 aromatic carbocycles. The highest BCUT2D eigenvalue weighted by Crippen LogP contribution is 2.24. The first-order chi connectivity index (χ1) is 8.54. The highest BCUT2D eigenvalue weighted by molar-refractivity contribution is 7.89. The van der Waals surface area contributed by atoms with E-state index >= 15 is 0 Å². The maximum atomic E-state index is 12.0. The average molecular weight is 317 g/mol. The number of hydrogen-bond donors (Lipinski definition) is 1. The molecule has 19 heavy (non-hydrogen) atoms. The third-order valence-corrected chi connectivity index (χ3v) is 5.11. The lowest BCUT2D eigenvalue weighted by atomic mass is 10.4. The van der Waals surface area contributed by atoms with Crippen LogP contribution in [-0.2, 0) is 10.0 Å². The van der Waals surface area contributed by atoms with Crippen LogP contribution in [0.25, 0.3) is 0 Å². The van der Waals surface area contributed by atoms with Gasteiger partial charge in [-0.15, -0.1) is 11.3 Å². The zero-order valence-corrected chi connectivity index (χ0v) is 11.3. The molecule has 0 bridgehead atoms. The summed E-state index contributed by atoms with van der Waals surface area (Å²) < 4.78 is 60.3.